The minimum atomic E-state index is -1.27. The van der Waals surface area contributed by atoms with Gasteiger partial charge in [0, 0.05) is 25.8 Å². The molecule has 2 rings (SSSR count). The zero-order chi connectivity index (χ0) is 15.6. The average Bonchev–Trinajstić information content (AvgIpc) is 2.90. The molecule has 0 amide bonds. The van der Waals surface area contributed by atoms with Gasteiger partial charge in [0.1, 0.15) is 5.69 Å². The van der Waals surface area contributed by atoms with Gasteiger partial charge in [-0.3, -0.25) is 24.9 Å². The van der Waals surface area contributed by atoms with E-state index >= 15 is 0 Å². The molecule has 0 atom stereocenters. The second-order valence-electron chi connectivity index (χ2n) is 3.81. The van der Waals surface area contributed by atoms with Crippen LogP contribution in [0.5, 0.6) is 17.2 Å². The summed E-state index contributed by atoms with van der Waals surface area (Å²) in [6, 6.07) is 0.716. The second-order valence-corrected chi connectivity index (χ2v) is 3.81. The van der Waals surface area contributed by atoms with E-state index in [1.54, 1.807) is 6.92 Å². The molecule has 0 aliphatic carbocycles. The highest BCUT2D eigenvalue weighted by atomic mass is 19.3. The predicted molar refractivity (Wildman–Crippen MR) is 60.2 cm³/mol. The number of halogens is 3. The highest BCUT2D eigenvalue weighted by Crippen LogP contribution is 2.48. The number of aryl methyl sites for hydroxylation is 1. The molecule has 0 aliphatic heterocycles. The quantitative estimate of drug-likeness (QED) is 0.623. The Balaban J connectivity index is 2.80. The SMILES string of the molecule is Cc1cn(-c2cc([N+](=O)[O-])c(OF)c(OF)c2OF)cn1. The topological polar surface area (TPSA) is 88.7 Å². The van der Waals surface area contributed by atoms with Crippen molar-refractivity contribution in [1.82, 2.24) is 9.55 Å². The van der Waals surface area contributed by atoms with E-state index in [1.165, 1.54) is 6.20 Å². The third kappa shape index (κ3) is 2.40. The number of rotatable bonds is 5. The van der Waals surface area contributed by atoms with E-state index in [0.29, 0.717) is 11.8 Å². The van der Waals surface area contributed by atoms with Crippen LogP contribution in [0.4, 0.5) is 19.3 Å². The molecule has 0 saturated heterocycles. The van der Waals surface area contributed by atoms with Gasteiger partial charge in [-0.15, -0.1) is 0 Å². The van der Waals surface area contributed by atoms with Gasteiger partial charge >= 0.3 is 5.69 Å². The van der Waals surface area contributed by atoms with Crippen molar-refractivity contribution in [2.75, 3.05) is 0 Å². The molecular weight excluding hydrogens is 299 g/mol. The van der Waals surface area contributed by atoms with Crippen LogP contribution in [0.1, 0.15) is 5.69 Å². The lowest BCUT2D eigenvalue weighted by Crippen LogP contribution is -2.01. The zero-order valence-electron chi connectivity index (χ0n) is 10.2. The molecule has 0 spiro atoms. The van der Waals surface area contributed by atoms with Gasteiger partial charge in [0.25, 0.3) is 11.5 Å². The smallest absolute Gasteiger partial charge is 0.302 e. The van der Waals surface area contributed by atoms with Crippen molar-refractivity contribution in [1.29, 1.82) is 0 Å². The van der Waals surface area contributed by atoms with Gasteiger partial charge in [0.05, 0.1) is 16.9 Å². The molecule has 0 aliphatic rings. The maximum atomic E-state index is 12.6. The number of nitro benzene ring substituents is 1. The van der Waals surface area contributed by atoms with E-state index in [4.69, 9.17) is 0 Å². The summed E-state index contributed by atoms with van der Waals surface area (Å²) in [6.45, 7) is 1.59. The Hall–Kier alpha value is -2.98. The Kier molecular flexibility index (Phi) is 3.82. The van der Waals surface area contributed by atoms with Gasteiger partial charge in [-0.1, -0.05) is 0 Å². The van der Waals surface area contributed by atoms with E-state index in [0.717, 1.165) is 10.9 Å². The first kappa shape index (κ1) is 14.4. The minimum Gasteiger partial charge on any atom is -0.302 e. The van der Waals surface area contributed by atoms with Crippen LogP contribution >= 0.6 is 0 Å². The van der Waals surface area contributed by atoms with Crippen LogP contribution < -0.4 is 14.8 Å². The van der Waals surface area contributed by atoms with Gasteiger partial charge in [-0.05, 0) is 6.92 Å². The van der Waals surface area contributed by atoms with Crippen molar-refractivity contribution < 1.29 is 33.3 Å². The van der Waals surface area contributed by atoms with Crippen LogP contribution in [-0.4, -0.2) is 14.5 Å². The second kappa shape index (κ2) is 5.56. The summed E-state index contributed by atoms with van der Waals surface area (Å²) < 4.78 is 38.7. The number of benzene rings is 1. The predicted octanol–water partition coefficient (Wildman–Crippen LogP) is 2.88. The summed E-state index contributed by atoms with van der Waals surface area (Å²) in [7, 11) is 0. The molecule has 0 fully saturated rings. The maximum Gasteiger partial charge on any atom is 0.322 e. The van der Waals surface area contributed by atoms with E-state index in [9.17, 15) is 23.7 Å². The normalized spacial score (nSPS) is 10.3. The van der Waals surface area contributed by atoms with Crippen molar-refractivity contribution in [3.05, 3.63) is 34.4 Å². The average molecular weight is 305 g/mol. The largest absolute Gasteiger partial charge is 0.322 e. The molecule has 0 bridgehead atoms. The zero-order valence-corrected chi connectivity index (χ0v) is 10.2. The van der Waals surface area contributed by atoms with Crippen LogP contribution in [0, 0.1) is 17.0 Å². The number of imidazole rings is 1. The molecule has 1 aromatic heterocycles. The van der Waals surface area contributed by atoms with E-state index in [1.807, 2.05) is 0 Å². The highest BCUT2D eigenvalue weighted by Gasteiger charge is 2.32. The molecule has 0 N–H and O–H groups in total. The van der Waals surface area contributed by atoms with Crippen molar-refractivity contribution in [2.45, 2.75) is 6.92 Å². The number of nitrogens with zero attached hydrogens (tertiary/aromatic N) is 3. The molecular formula is C10H6F3N3O5. The monoisotopic (exact) mass is 305 g/mol. The fourth-order valence-electron chi connectivity index (χ4n) is 1.70. The molecule has 8 nitrogen and oxygen atoms in total. The Bertz CT molecular complexity index is 691. The third-order valence-corrected chi connectivity index (χ3v) is 2.57. The van der Waals surface area contributed by atoms with Crippen molar-refractivity contribution in [2.24, 2.45) is 0 Å². The van der Waals surface area contributed by atoms with Crippen LogP contribution in [0.15, 0.2) is 18.6 Å². The molecule has 0 radical (unpaired) electrons. The molecule has 112 valence electrons. The highest BCUT2D eigenvalue weighted by molar-refractivity contribution is 5.70. The van der Waals surface area contributed by atoms with Crippen LogP contribution in [0.2, 0.25) is 0 Å². The summed E-state index contributed by atoms with van der Waals surface area (Å²) in [5.74, 6) is -3.47. The number of aromatic nitrogens is 2. The summed E-state index contributed by atoms with van der Waals surface area (Å²) in [6.07, 6.45) is 2.51. The molecule has 11 heteroatoms. The molecule has 2 aromatic rings. The lowest BCUT2D eigenvalue weighted by molar-refractivity contribution is -0.387. The van der Waals surface area contributed by atoms with Crippen LogP contribution in [0.3, 0.4) is 0 Å². The third-order valence-electron chi connectivity index (χ3n) is 2.57. The van der Waals surface area contributed by atoms with Crippen molar-refractivity contribution >= 4 is 5.69 Å². The summed E-state index contributed by atoms with van der Waals surface area (Å²) in [5.41, 5.74) is -0.846. The first-order chi connectivity index (χ1) is 10.0. The van der Waals surface area contributed by atoms with Gasteiger partial charge in [0.15, 0.2) is 0 Å². The van der Waals surface area contributed by atoms with Gasteiger partial charge < -0.3 is 4.57 Å². The summed E-state index contributed by atoms with van der Waals surface area (Å²) in [4.78, 5) is 23.5. The summed E-state index contributed by atoms with van der Waals surface area (Å²) in [5, 5.41) is 10.9. The molecule has 0 unspecified atom stereocenters. The lowest BCUT2D eigenvalue weighted by atomic mass is 10.2. The van der Waals surface area contributed by atoms with Gasteiger partial charge in [0.2, 0.25) is 5.75 Å². The number of hydrogen-bond donors (Lipinski definition) is 0. The molecule has 1 aromatic carbocycles. The lowest BCUT2D eigenvalue weighted by Gasteiger charge is -2.10. The Morgan fingerprint density at radius 1 is 1.19 bits per heavy atom. The van der Waals surface area contributed by atoms with E-state index < -0.39 is 27.9 Å². The fourth-order valence-corrected chi connectivity index (χ4v) is 1.70. The number of nitro groups is 1. The van der Waals surface area contributed by atoms with Crippen molar-refractivity contribution in [3.63, 3.8) is 0 Å². The number of hydrogen-bond acceptors (Lipinski definition) is 6. The van der Waals surface area contributed by atoms with E-state index in [-0.39, 0.29) is 5.69 Å². The Morgan fingerprint density at radius 3 is 2.24 bits per heavy atom. The Morgan fingerprint density at radius 2 is 1.81 bits per heavy atom. The first-order valence-electron chi connectivity index (χ1n) is 5.25. The van der Waals surface area contributed by atoms with Crippen LogP contribution in [0.25, 0.3) is 5.69 Å². The van der Waals surface area contributed by atoms with Gasteiger partial charge in [-0.2, -0.15) is 0 Å². The summed E-state index contributed by atoms with van der Waals surface area (Å²) >= 11 is 0. The molecule has 1 heterocycles. The minimum absolute atomic E-state index is 0.335. The molecule has 0 saturated carbocycles. The first-order valence-corrected chi connectivity index (χ1v) is 5.25. The van der Waals surface area contributed by atoms with Crippen molar-refractivity contribution in [3.8, 4) is 22.9 Å². The Labute approximate surface area is 114 Å². The maximum absolute atomic E-state index is 12.6. The van der Waals surface area contributed by atoms with Gasteiger partial charge in [-0.25, -0.2) is 4.98 Å². The fraction of sp³-hybridized carbons (Fsp3) is 0.100. The molecule has 21 heavy (non-hydrogen) atoms. The standard InChI is InChI=1S/C10H6F3N3O5/c1-5-3-15(4-14-5)6-2-7(16(17)18)9(20-12)10(21-13)8(6)19-11/h2-4H,1H3. The van der Waals surface area contributed by atoms with E-state index in [2.05, 4.69) is 19.8 Å². The van der Waals surface area contributed by atoms with Crippen LogP contribution in [-0.2, 0) is 0 Å².